The monoisotopic (exact) mass is 291 g/mol. The lowest BCUT2D eigenvalue weighted by Gasteiger charge is -2.08. The van der Waals surface area contributed by atoms with Crippen molar-refractivity contribution in [2.24, 2.45) is 0 Å². The Labute approximate surface area is 121 Å². The van der Waals surface area contributed by atoms with Crippen LogP contribution in [0.4, 0.5) is 11.4 Å². The number of hydrogen-bond acceptors (Lipinski definition) is 6. The molecule has 0 aliphatic heterocycles. The van der Waals surface area contributed by atoms with Crippen LogP contribution in [0.3, 0.4) is 0 Å². The fraction of sp³-hybridized carbons (Fsp3) is 0.357. The summed E-state index contributed by atoms with van der Waals surface area (Å²) in [5.41, 5.74) is 2.85. The number of benzene rings is 1. The molecule has 2 aromatic rings. The van der Waals surface area contributed by atoms with E-state index in [1.54, 1.807) is 6.07 Å². The van der Waals surface area contributed by atoms with Crippen LogP contribution < -0.4 is 5.32 Å². The molecule has 1 heterocycles. The second-order valence-electron chi connectivity index (χ2n) is 4.75. The lowest BCUT2D eigenvalue weighted by Crippen LogP contribution is -2.08. The van der Waals surface area contributed by atoms with Gasteiger partial charge in [-0.3, -0.25) is 10.1 Å². The Kier molecular flexibility index (Phi) is 4.54. The molecule has 2 rings (SSSR count). The van der Waals surface area contributed by atoms with Gasteiger partial charge in [-0.05, 0) is 38.0 Å². The predicted octanol–water partition coefficient (Wildman–Crippen LogP) is 2.35. The molecule has 7 heteroatoms. The summed E-state index contributed by atoms with van der Waals surface area (Å²) < 4.78 is 5.08. The number of nitrogens with zero attached hydrogens (tertiary/aromatic N) is 2. The largest absolute Gasteiger partial charge is 0.392 e. The van der Waals surface area contributed by atoms with Gasteiger partial charge in [0.2, 0.25) is 0 Å². The number of nitrogens with one attached hydrogen (secondary N) is 1. The maximum Gasteiger partial charge on any atom is 0.292 e. The standard InChI is InChI=1S/C14H17N3O4/c1-9-12(10(2)21-16-9)5-6-15-13-7-11(8-18)3-4-14(13)17(19)20/h3-4,7,15,18H,5-6,8H2,1-2H3. The number of nitro benzene ring substituents is 1. The number of nitro groups is 1. The lowest BCUT2D eigenvalue weighted by molar-refractivity contribution is -0.384. The Morgan fingerprint density at radius 3 is 2.76 bits per heavy atom. The van der Waals surface area contributed by atoms with Crippen LogP contribution in [0.1, 0.15) is 22.6 Å². The maximum absolute atomic E-state index is 11.0. The van der Waals surface area contributed by atoms with Gasteiger partial charge in [-0.1, -0.05) is 5.16 Å². The molecule has 0 radical (unpaired) electrons. The summed E-state index contributed by atoms with van der Waals surface area (Å²) in [6, 6.07) is 4.52. The first-order chi connectivity index (χ1) is 10.0. The molecule has 0 unspecified atom stereocenters. The van der Waals surface area contributed by atoms with E-state index in [0.29, 0.717) is 24.2 Å². The topological polar surface area (TPSA) is 101 Å². The first kappa shape index (κ1) is 15.0. The molecule has 21 heavy (non-hydrogen) atoms. The molecule has 0 saturated carbocycles. The van der Waals surface area contributed by atoms with Gasteiger partial charge in [0.25, 0.3) is 5.69 Å². The molecule has 1 aromatic heterocycles. The van der Waals surface area contributed by atoms with Crippen molar-refractivity contribution in [3.8, 4) is 0 Å². The lowest BCUT2D eigenvalue weighted by atomic mass is 10.1. The average Bonchev–Trinajstić information content (AvgIpc) is 2.78. The van der Waals surface area contributed by atoms with Crippen LogP contribution in [0, 0.1) is 24.0 Å². The van der Waals surface area contributed by atoms with Gasteiger partial charge >= 0.3 is 0 Å². The van der Waals surface area contributed by atoms with Crippen molar-refractivity contribution in [3.05, 3.63) is 50.9 Å². The van der Waals surface area contributed by atoms with Gasteiger partial charge in [0.05, 0.1) is 17.2 Å². The molecule has 1 aromatic carbocycles. The highest BCUT2D eigenvalue weighted by Gasteiger charge is 2.14. The Balaban J connectivity index is 2.10. The van der Waals surface area contributed by atoms with Crippen molar-refractivity contribution < 1.29 is 14.6 Å². The molecule has 112 valence electrons. The molecule has 0 amide bonds. The number of aromatic nitrogens is 1. The van der Waals surface area contributed by atoms with Crippen LogP contribution in [-0.4, -0.2) is 21.7 Å². The Morgan fingerprint density at radius 1 is 1.43 bits per heavy atom. The first-order valence-electron chi connectivity index (χ1n) is 6.56. The van der Waals surface area contributed by atoms with Crippen molar-refractivity contribution in [1.29, 1.82) is 0 Å². The van der Waals surface area contributed by atoms with Gasteiger partial charge in [0.1, 0.15) is 11.4 Å². The van der Waals surface area contributed by atoms with Crippen LogP contribution in [0.2, 0.25) is 0 Å². The normalized spacial score (nSPS) is 10.6. The minimum absolute atomic E-state index is 0.00837. The van der Waals surface area contributed by atoms with Crippen LogP contribution in [0.5, 0.6) is 0 Å². The molecule has 7 nitrogen and oxygen atoms in total. The van der Waals surface area contributed by atoms with E-state index < -0.39 is 4.92 Å². The van der Waals surface area contributed by atoms with E-state index in [9.17, 15) is 10.1 Å². The molecular weight excluding hydrogens is 274 g/mol. The van der Waals surface area contributed by atoms with Crippen molar-refractivity contribution >= 4 is 11.4 Å². The highest BCUT2D eigenvalue weighted by atomic mass is 16.6. The molecule has 0 saturated heterocycles. The highest BCUT2D eigenvalue weighted by molar-refractivity contribution is 5.62. The zero-order valence-corrected chi connectivity index (χ0v) is 11.9. The molecule has 0 fully saturated rings. The summed E-state index contributed by atoms with van der Waals surface area (Å²) in [6.45, 7) is 4.06. The van der Waals surface area contributed by atoms with E-state index in [1.165, 1.54) is 12.1 Å². The summed E-state index contributed by atoms with van der Waals surface area (Å²) in [4.78, 5) is 10.6. The van der Waals surface area contributed by atoms with Gasteiger partial charge in [-0.15, -0.1) is 0 Å². The third kappa shape index (κ3) is 3.38. The number of aliphatic hydroxyl groups is 1. The third-order valence-corrected chi connectivity index (χ3v) is 3.31. The molecule has 0 aliphatic carbocycles. The zero-order valence-electron chi connectivity index (χ0n) is 11.9. The van der Waals surface area contributed by atoms with Crippen LogP contribution in [-0.2, 0) is 13.0 Å². The Bertz CT molecular complexity index is 632. The van der Waals surface area contributed by atoms with E-state index in [1.807, 2.05) is 13.8 Å². The zero-order chi connectivity index (χ0) is 15.4. The fourth-order valence-corrected chi connectivity index (χ4v) is 2.16. The predicted molar refractivity (Wildman–Crippen MR) is 77.2 cm³/mol. The minimum Gasteiger partial charge on any atom is -0.392 e. The fourth-order valence-electron chi connectivity index (χ4n) is 2.16. The number of hydrogen-bond donors (Lipinski definition) is 2. The third-order valence-electron chi connectivity index (χ3n) is 3.31. The maximum atomic E-state index is 11.0. The SMILES string of the molecule is Cc1noc(C)c1CCNc1cc(CO)ccc1[N+](=O)[O-]. The Morgan fingerprint density at radius 2 is 2.19 bits per heavy atom. The van der Waals surface area contributed by atoms with Crippen molar-refractivity contribution in [2.45, 2.75) is 26.9 Å². The molecular formula is C14H17N3O4. The number of anilines is 1. The molecule has 2 N–H and O–H groups in total. The Hall–Kier alpha value is -2.41. The van der Waals surface area contributed by atoms with Crippen LogP contribution >= 0.6 is 0 Å². The van der Waals surface area contributed by atoms with E-state index >= 15 is 0 Å². The summed E-state index contributed by atoms with van der Waals surface area (Å²) in [5.74, 6) is 0.757. The van der Waals surface area contributed by atoms with Gasteiger partial charge in [-0.2, -0.15) is 0 Å². The van der Waals surface area contributed by atoms with Crippen molar-refractivity contribution in [2.75, 3.05) is 11.9 Å². The van der Waals surface area contributed by atoms with Gasteiger partial charge in [-0.25, -0.2) is 0 Å². The molecule has 0 aliphatic rings. The summed E-state index contributed by atoms with van der Waals surface area (Å²) in [6.07, 6.45) is 0.654. The average molecular weight is 291 g/mol. The highest BCUT2D eigenvalue weighted by Crippen LogP contribution is 2.25. The summed E-state index contributed by atoms with van der Waals surface area (Å²) in [7, 11) is 0. The van der Waals surface area contributed by atoms with Gasteiger partial charge < -0.3 is 14.9 Å². The van der Waals surface area contributed by atoms with E-state index in [2.05, 4.69) is 10.5 Å². The van der Waals surface area contributed by atoms with Gasteiger partial charge in [0, 0.05) is 18.2 Å². The molecule has 0 atom stereocenters. The van der Waals surface area contributed by atoms with Gasteiger partial charge in [0.15, 0.2) is 0 Å². The van der Waals surface area contributed by atoms with Crippen molar-refractivity contribution in [1.82, 2.24) is 5.16 Å². The number of aliphatic hydroxyl groups excluding tert-OH is 1. The van der Waals surface area contributed by atoms with Crippen LogP contribution in [0.25, 0.3) is 0 Å². The number of aryl methyl sites for hydroxylation is 2. The smallest absolute Gasteiger partial charge is 0.292 e. The molecule has 0 bridgehead atoms. The molecule has 0 spiro atoms. The minimum atomic E-state index is -0.445. The summed E-state index contributed by atoms with van der Waals surface area (Å²) in [5, 5.41) is 27.0. The van der Waals surface area contributed by atoms with Crippen molar-refractivity contribution in [3.63, 3.8) is 0 Å². The van der Waals surface area contributed by atoms with E-state index in [4.69, 9.17) is 9.63 Å². The number of rotatable bonds is 6. The van der Waals surface area contributed by atoms with E-state index in [-0.39, 0.29) is 12.3 Å². The quantitative estimate of drug-likeness (QED) is 0.625. The second-order valence-corrected chi connectivity index (χ2v) is 4.75. The van der Waals surface area contributed by atoms with Crippen LogP contribution in [0.15, 0.2) is 22.7 Å². The summed E-state index contributed by atoms with van der Waals surface area (Å²) >= 11 is 0. The first-order valence-corrected chi connectivity index (χ1v) is 6.56. The van der Waals surface area contributed by atoms with E-state index in [0.717, 1.165) is 17.0 Å². The second kappa shape index (κ2) is 6.36.